The molecule has 0 aliphatic heterocycles. The van der Waals surface area contributed by atoms with Gasteiger partial charge in [0.2, 0.25) is 0 Å². The molecule has 2 N–H and O–H groups in total. The molecule has 5 aromatic carbocycles. The van der Waals surface area contributed by atoms with E-state index in [-0.39, 0.29) is 6.42 Å². The van der Waals surface area contributed by atoms with Gasteiger partial charge in [-0.25, -0.2) is 4.79 Å². The normalized spacial score (nSPS) is 11.6. The lowest BCUT2D eigenvalue weighted by molar-refractivity contribution is -0.139. The minimum absolute atomic E-state index is 0.180. The highest BCUT2D eigenvalue weighted by Crippen LogP contribution is 2.20. The summed E-state index contributed by atoms with van der Waals surface area (Å²) < 4.78 is 6.02. The first-order chi connectivity index (χ1) is 21.5. The number of rotatable bonds is 14. The highest BCUT2D eigenvalue weighted by Gasteiger charge is 2.21. The Morgan fingerprint density at radius 2 is 1.16 bits per heavy atom. The fourth-order valence-electron chi connectivity index (χ4n) is 5.03. The summed E-state index contributed by atoms with van der Waals surface area (Å²) in [6.07, 6.45) is 0.180. The molecule has 0 spiro atoms. The van der Waals surface area contributed by atoms with Gasteiger partial charge >= 0.3 is 5.97 Å². The number of carboxylic acids is 1. The number of hydrogen-bond donors (Lipinski definition) is 2. The SMILES string of the molecule is O=C(NC(Cc1ccc(-c2ccccc2)cc1)C(=O)O)c1ccc(OCCN(Cc2ccccc2)Cc2ccccc2)cc1. The molecule has 0 aliphatic rings. The Morgan fingerprint density at radius 3 is 1.70 bits per heavy atom. The second-order valence-electron chi connectivity index (χ2n) is 10.7. The van der Waals surface area contributed by atoms with Crippen LogP contribution in [0.2, 0.25) is 0 Å². The Hall–Kier alpha value is -5.20. The number of carbonyl (C=O) groups excluding carboxylic acids is 1. The number of carbonyl (C=O) groups is 2. The van der Waals surface area contributed by atoms with Crippen LogP contribution in [0, 0.1) is 0 Å². The predicted molar refractivity (Wildman–Crippen MR) is 173 cm³/mol. The van der Waals surface area contributed by atoms with Crippen LogP contribution in [-0.4, -0.2) is 41.1 Å². The molecule has 5 rings (SSSR count). The summed E-state index contributed by atoms with van der Waals surface area (Å²) in [5.74, 6) is -0.878. The summed E-state index contributed by atoms with van der Waals surface area (Å²) in [4.78, 5) is 27.2. The molecule has 44 heavy (non-hydrogen) atoms. The summed E-state index contributed by atoms with van der Waals surface area (Å²) in [6, 6.07) is 44.2. The maximum atomic E-state index is 12.9. The smallest absolute Gasteiger partial charge is 0.326 e. The first-order valence-corrected chi connectivity index (χ1v) is 14.7. The van der Waals surface area contributed by atoms with Crippen LogP contribution in [0.15, 0.2) is 140 Å². The molecule has 5 aromatic rings. The molecule has 0 saturated carbocycles. The standard InChI is InChI=1S/C38H36N2O4/c41-37(39-36(38(42)43)26-29-16-18-33(19-17-29)32-14-8-3-9-15-32)34-20-22-35(23-21-34)44-25-24-40(27-30-10-4-1-5-11-30)28-31-12-6-2-7-13-31/h1-23,36H,24-28H2,(H,39,41)(H,42,43). The van der Waals surface area contributed by atoms with Crippen LogP contribution in [0.5, 0.6) is 5.75 Å². The number of aliphatic carboxylic acids is 1. The second-order valence-corrected chi connectivity index (χ2v) is 10.7. The van der Waals surface area contributed by atoms with Crippen LogP contribution >= 0.6 is 0 Å². The number of nitrogens with one attached hydrogen (secondary N) is 1. The van der Waals surface area contributed by atoms with Crippen molar-refractivity contribution in [2.45, 2.75) is 25.6 Å². The van der Waals surface area contributed by atoms with E-state index >= 15 is 0 Å². The lowest BCUT2D eigenvalue weighted by Gasteiger charge is -2.23. The van der Waals surface area contributed by atoms with E-state index in [9.17, 15) is 14.7 Å². The molecular weight excluding hydrogens is 548 g/mol. The van der Waals surface area contributed by atoms with Crippen molar-refractivity contribution >= 4 is 11.9 Å². The number of nitrogens with zero attached hydrogens (tertiary/aromatic N) is 1. The zero-order chi connectivity index (χ0) is 30.6. The van der Waals surface area contributed by atoms with E-state index in [1.54, 1.807) is 24.3 Å². The lowest BCUT2D eigenvalue weighted by Crippen LogP contribution is -2.42. The highest BCUT2D eigenvalue weighted by atomic mass is 16.5. The quantitative estimate of drug-likeness (QED) is 0.149. The molecule has 0 fully saturated rings. The first-order valence-electron chi connectivity index (χ1n) is 14.7. The molecule has 0 aromatic heterocycles. The van der Waals surface area contributed by atoms with Gasteiger partial charge in [0.05, 0.1) is 0 Å². The van der Waals surface area contributed by atoms with Crippen LogP contribution < -0.4 is 10.1 Å². The average molecular weight is 585 g/mol. The Morgan fingerprint density at radius 1 is 0.636 bits per heavy atom. The van der Waals surface area contributed by atoms with Crippen molar-refractivity contribution < 1.29 is 19.4 Å². The van der Waals surface area contributed by atoms with E-state index < -0.39 is 17.9 Å². The molecule has 1 atom stereocenters. The molecule has 0 aliphatic carbocycles. The van der Waals surface area contributed by atoms with Gasteiger partial charge in [-0.05, 0) is 52.1 Å². The molecule has 6 nitrogen and oxygen atoms in total. The minimum atomic E-state index is -1.08. The maximum absolute atomic E-state index is 12.9. The van der Waals surface area contributed by atoms with Crippen molar-refractivity contribution in [3.8, 4) is 16.9 Å². The number of ether oxygens (including phenoxy) is 1. The molecule has 0 radical (unpaired) electrons. The van der Waals surface area contributed by atoms with Crippen LogP contribution in [0.1, 0.15) is 27.0 Å². The molecular formula is C38H36N2O4. The van der Waals surface area contributed by atoms with Crippen LogP contribution in [-0.2, 0) is 24.3 Å². The van der Waals surface area contributed by atoms with E-state index in [1.807, 2.05) is 91.0 Å². The van der Waals surface area contributed by atoms with Crippen LogP contribution in [0.4, 0.5) is 0 Å². The molecule has 0 heterocycles. The van der Waals surface area contributed by atoms with E-state index in [1.165, 1.54) is 11.1 Å². The molecule has 222 valence electrons. The summed E-state index contributed by atoms with van der Waals surface area (Å²) in [7, 11) is 0. The number of carboxylic acid groups (broad SMARTS) is 1. The molecule has 6 heteroatoms. The Labute approximate surface area is 258 Å². The van der Waals surface area contributed by atoms with Gasteiger partial charge in [0.1, 0.15) is 18.4 Å². The van der Waals surface area contributed by atoms with Crippen molar-refractivity contribution in [3.63, 3.8) is 0 Å². The van der Waals surface area contributed by atoms with Crippen molar-refractivity contribution in [1.82, 2.24) is 10.2 Å². The third-order valence-corrected chi connectivity index (χ3v) is 7.40. The number of hydrogen-bond acceptors (Lipinski definition) is 4. The number of benzene rings is 5. The Kier molecular flexibility index (Phi) is 10.5. The van der Waals surface area contributed by atoms with Gasteiger partial charge in [0.15, 0.2) is 0 Å². The van der Waals surface area contributed by atoms with Gasteiger partial charge in [-0.1, -0.05) is 115 Å². The van der Waals surface area contributed by atoms with Crippen molar-refractivity contribution in [2.75, 3.05) is 13.2 Å². The fourth-order valence-corrected chi connectivity index (χ4v) is 5.03. The monoisotopic (exact) mass is 584 g/mol. The van der Waals surface area contributed by atoms with Crippen LogP contribution in [0.3, 0.4) is 0 Å². The van der Waals surface area contributed by atoms with Gasteiger partial charge in [-0.15, -0.1) is 0 Å². The topological polar surface area (TPSA) is 78.9 Å². The van der Waals surface area contributed by atoms with Gasteiger partial charge in [0, 0.05) is 31.6 Å². The van der Waals surface area contributed by atoms with Gasteiger partial charge in [-0.3, -0.25) is 9.69 Å². The van der Waals surface area contributed by atoms with Gasteiger partial charge in [0.25, 0.3) is 5.91 Å². The van der Waals surface area contributed by atoms with Crippen molar-refractivity contribution in [2.24, 2.45) is 0 Å². The summed E-state index contributed by atoms with van der Waals surface area (Å²) >= 11 is 0. The molecule has 0 saturated heterocycles. The van der Waals surface area contributed by atoms with E-state index in [0.29, 0.717) is 17.9 Å². The summed E-state index contributed by atoms with van der Waals surface area (Å²) in [5.41, 5.74) is 5.82. The molecule has 1 amide bonds. The molecule has 0 bridgehead atoms. The summed E-state index contributed by atoms with van der Waals surface area (Å²) in [5, 5.41) is 12.5. The highest BCUT2D eigenvalue weighted by molar-refractivity contribution is 5.96. The van der Waals surface area contributed by atoms with Crippen molar-refractivity contribution in [1.29, 1.82) is 0 Å². The van der Waals surface area contributed by atoms with E-state index in [4.69, 9.17) is 4.74 Å². The predicted octanol–water partition coefficient (Wildman–Crippen LogP) is 6.86. The fraction of sp³-hybridized carbons (Fsp3) is 0.158. The lowest BCUT2D eigenvalue weighted by atomic mass is 10.0. The van der Waals surface area contributed by atoms with Gasteiger partial charge < -0.3 is 15.2 Å². The second kappa shape index (κ2) is 15.3. The molecule has 1 unspecified atom stereocenters. The maximum Gasteiger partial charge on any atom is 0.326 e. The zero-order valence-corrected chi connectivity index (χ0v) is 24.5. The number of amides is 1. The van der Waals surface area contributed by atoms with Crippen molar-refractivity contribution in [3.05, 3.63) is 162 Å². The third-order valence-electron chi connectivity index (χ3n) is 7.40. The van der Waals surface area contributed by atoms with Gasteiger partial charge in [-0.2, -0.15) is 0 Å². The average Bonchev–Trinajstić information content (AvgIpc) is 3.06. The Balaban J connectivity index is 1.14. The third kappa shape index (κ3) is 8.90. The van der Waals surface area contributed by atoms with E-state index in [0.717, 1.165) is 36.3 Å². The Bertz CT molecular complexity index is 1570. The first kappa shape index (κ1) is 30.3. The zero-order valence-electron chi connectivity index (χ0n) is 24.5. The van der Waals surface area contributed by atoms with E-state index in [2.05, 4.69) is 34.5 Å². The minimum Gasteiger partial charge on any atom is -0.492 e. The van der Waals surface area contributed by atoms with Crippen LogP contribution in [0.25, 0.3) is 11.1 Å². The summed E-state index contributed by atoms with van der Waals surface area (Å²) in [6.45, 7) is 2.81. The largest absolute Gasteiger partial charge is 0.492 e.